The van der Waals surface area contributed by atoms with Crippen LogP contribution in [-0.4, -0.2) is 34.3 Å². The van der Waals surface area contributed by atoms with Crippen molar-refractivity contribution in [1.29, 1.82) is 0 Å². The predicted octanol–water partition coefficient (Wildman–Crippen LogP) is 1.52. The zero-order valence-corrected chi connectivity index (χ0v) is 9.94. The number of anilines is 1. The Labute approximate surface area is 95.1 Å². The smallest absolute Gasteiger partial charge is 0.186 e. The molecule has 1 heterocycles. The molecule has 1 rings (SSSR count). The molecule has 0 aliphatic carbocycles. The molecule has 0 bridgehead atoms. The first kappa shape index (κ1) is 12.8. The maximum Gasteiger partial charge on any atom is 0.186 e. The fraction of sp³-hybridized carbons (Fsp3) is 0.636. The minimum atomic E-state index is -0.380. The summed E-state index contributed by atoms with van der Waals surface area (Å²) < 4.78 is 13.8. The molecule has 0 aliphatic heterocycles. The number of halogens is 1. The summed E-state index contributed by atoms with van der Waals surface area (Å²) in [5.41, 5.74) is 0.347. The van der Waals surface area contributed by atoms with Gasteiger partial charge < -0.3 is 10.0 Å². The third-order valence-electron chi connectivity index (χ3n) is 2.40. The fourth-order valence-electron chi connectivity index (χ4n) is 1.50. The molecule has 0 saturated heterocycles. The minimum Gasteiger partial charge on any atom is -0.396 e. The lowest BCUT2D eigenvalue weighted by molar-refractivity contribution is 0.288. The number of hydrogen-bond acceptors (Lipinski definition) is 4. The zero-order valence-electron chi connectivity index (χ0n) is 9.94. The van der Waals surface area contributed by atoms with Crippen LogP contribution in [0.2, 0.25) is 0 Å². The molecule has 0 aromatic carbocycles. The fourth-order valence-corrected chi connectivity index (χ4v) is 1.50. The topological polar surface area (TPSA) is 49.2 Å². The van der Waals surface area contributed by atoms with Gasteiger partial charge in [-0.2, -0.15) is 0 Å². The number of aliphatic hydroxyl groups is 1. The van der Waals surface area contributed by atoms with E-state index in [1.165, 1.54) is 6.33 Å². The van der Waals surface area contributed by atoms with E-state index in [2.05, 4.69) is 9.97 Å². The minimum absolute atomic E-state index is 0.0922. The molecule has 0 spiro atoms. The molecule has 0 atom stereocenters. The Kier molecular flexibility index (Phi) is 4.61. The summed E-state index contributed by atoms with van der Waals surface area (Å²) >= 11 is 0. The van der Waals surface area contributed by atoms with E-state index < -0.39 is 0 Å². The van der Waals surface area contributed by atoms with Gasteiger partial charge in [-0.15, -0.1) is 0 Å². The van der Waals surface area contributed by atoms with Crippen LogP contribution < -0.4 is 4.90 Å². The summed E-state index contributed by atoms with van der Waals surface area (Å²) in [5.74, 6) is -0.0647. The maximum atomic E-state index is 13.8. The highest BCUT2D eigenvalue weighted by molar-refractivity contribution is 5.41. The first-order valence-corrected chi connectivity index (χ1v) is 5.42. The third kappa shape index (κ3) is 2.88. The summed E-state index contributed by atoms with van der Waals surface area (Å²) in [6.45, 7) is 6.23. The first-order valence-electron chi connectivity index (χ1n) is 5.42. The molecule has 16 heavy (non-hydrogen) atoms. The number of aryl methyl sites for hydroxylation is 1. The Bertz CT molecular complexity index is 344. The van der Waals surface area contributed by atoms with Crippen LogP contribution in [0.15, 0.2) is 6.33 Å². The molecule has 1 aromatic rings. The zero-order chi connectivity index (χ0) is 12.1. The number of nitrogens with zero attached hydrogens (tertiary/aromatic N) is 3. The van der Waals surface area contributed by atoms with Crippen LogP contribution in [0.5, 0.6) is 0 Å². The summed E-state index contributed by atoms with van der Waals surface area (Å²) in [6, 6.07) is 0.135. The Morgan fingerprint density at radius 1 is 1.44 bits per heavy atom. The van der Waals surface area contributed by atoms with Gasteiger partial charge in [0.25, 0.3) is 0 Å². The van der Waals surface area contributed by atoms with Crippen LogP contribution in [0.1, 0.15) is 26.0 Å². The van der Waals surface area contributed by atoms with Crippen molar-refractivity contribution in [3.63, 3.8) is 0 Å². The highest BCUT2D eigenvalue weighted by Crippen LogP contribution is 2.19. The van der Waals surface area contributed by atoms with Gasteiger partial charge >= 0.3 is 0 Å². The van der Waals surface area contributed by atoms with Gasteiger partial charge in [0.2, 0.25) is 0 Å². The Morgan fingerprint density at radius 2 is 2.12 bits per heavy atom. The van der Waals surface area contributed by atoms with Crippen LogP contribution >= 0.6 is 0 Å². The van der Waals surface area contributed by atoms with Gasteiger partial charge in [-0.25, -0.2) is 14.4 Å². The molecule has 0 saturated carbocycles. The van der Waals surface area contributed by atoms with Gasteiger partial charge in [0.05, 0.1) is 5.69 Å². The lowest BCUT2D eigenvalue weighted by atomic mass is 10.2. The SMILES string of the molecule is Cc1ncnc(N(CCCO)C(C)C)c1F. The highest BCUT2D eigenvalue weighted by Gasteiger charge is 2.17. The highest BCUT2D eigenvalue weighted by atomic mass is 19.1. The van der Waals surface area contributed by atoms with Gasteiger partial charge in [-0.05, 0) is 27.2 Å². The van der Waals surface area contributed by atoms with Crippen molar-refractivity contribution in [2.75, 3.05) is 18.1 Å². The predicted molar refractivity (Wildman–Crippen MR) is 60.9 cm³/mol. The molecular formula is C11H18FN3O. The standard InChI is InChI=1S/C11H18FN3O/c1-8(2)15(5-4-6-16)11-10(12)9(3)13-7-14-11/h7-8,16H,4-6H2,1-3H3. The van der Waals surface area contributed by atoms with E-state index in [4.69, 9.17) is 5.11 Å². The average Bonchev–Trinajstić information content (AvgIpc) is 2.24. The lowest BCUT2D eigenvalue weighted by Gasteiger charge is -2.27. The van der Waals surface area contributed by atoms with Crippen molar-refractivity contribution in [3.05, 3.63) is 17.8 Å². The van der Waals surface area contributed by atoms with Crippen molar-refractivity contribution in [1.82, 2.24) is 9.97 Å². The van der Waals surface area contributed by atoms with Gasteiger partial charge in [0.1, 0.15) is 6.33 Å². The van der Waals surface area contributed by atoms with E-state index in [0.29, 0.717) is 24.5 Å². The van der Waals surface area contributed by atoms with E-state index in [1.54, 1.807) is 6.92 Å². The van der Waals surface area contributed by atoms with E-state index >= 15 is 0 Å². The summed E-state index contributed by atoms with van der Waals surface area (Å²) in [4.78, 5) is 9.60. The molecule has 5 heteroatoms. The number of rotatable bonds is 5. The maximum absolute atomic E-state index is 13.8. The second-order valence-electron chi connectivity index (χ2n) is 3.96. The van der Waals surface area contributed by atoms with Crippen molar-refractivity contribution in [3.8, 4) is 0 Å². The summed E-state index contributed by atoms with van der Waals surface area (Å²) in [7, 11) is 0. The molecule has 0 aliphatic rings. The molecule has 1 N–H and O–H groups in total. The van der Waals surface area contributed by atoms with Gasteiger partial charge in [0, 0.05) is 19.2 Å². The molecule has 0 fully saturated rings. The second-order valence-corrected chi connectivity index (χ2v) is 3.96. The molecule has 0 radical (unpaired) electrons. The van der Waals surface area contributed by atoms with Crippen molar-refractivity contribution in [2.24, 2.45) is 0 Å². The monoisotopic (exact) mass is 227 g/mol. The third-order valence-corrected chi connectivity index (χ3v) is 2.40. The van der Waals surface area contributed by atoms with E-state index in [0.717, 1.165) is 0 Å². The molecular weight excluding hydrogens is 209 g/mol. The second kappa shape index (κ2) is 5.75. The number of hydrogen-bond donors (Lipinski definition) is 1. The lowest BCUT2D eigenvalue weighted by Crippen LogP contribution is -2.34. The van der Waals surface area contributed by atoms with Gasteiger partial charge in [-0.3, -0.25) is 0 Å². The number of aliphatic hydroxyl groups excluding tert-OH is 1. The summed E-state index contributed by atoms with van der Waals surface area (Å²) in [6.07, 6.45) is 1.96. The van der Waals surface area contributed by atoms with Gasteiger partial charge in [0.15, 0.2) is 11.6 Å². The van der Waals surface area contributed by atoms with Crippen LogP contribution in [0.3, 0.4) is 0 Å². The quantitative estimate of drug-likeness (QED) is 0.828. The average molecular weight is 227 g/mol. The van der Waals surface area contributed by atoms with Crippen LogP contribution in [0.25, 0.3) is 0 Å². The van der Waals surface area contributed by atoms with Crippen molar-refractivity contribution in [2.45, 2.75) is 33.2 Å². The largest absolute Gasteiger partial charge is 0.396 e. The van der Waals surface area contributed by atoms with Crippen molar-refractivity contribution >= 4 is 5.82 Å². The molecule has 0 amide bonds. The van der Waals surface area contributed by atoms with Crippen LogP contribution in [-0.2, 0) is 0 Å². The van der Waals surface area contributed by atoms with E-state index in [-0.39, 0.29) is 18.5 Å². The van der Waals surface area contributed by atoms with Crippen molar-refractivity contribution < 1.29 is 9.50 Å². The van der Waals surface area contributed by atoms with E-state index in [1.807, 2.05) is 18.7 Å². The molecule has 0 unspecified atom stereocenters. The van der Waals surface area contributed by atoms with Crippen LogP contribution in [0, 0.1) is 12.7 Å². The molecule has 90 valence electrons. The Balaban J connectivity index is 2.96. The van der Waals surface area contributed by atoms with E-state index in [9.17, 15) is 4.39 Å². The van der Waals surface area contributed by atoms with Crippen LogP contribution in [0.4, 0.5) is 10.2 Å². The molecule has 1 aromatic heterocycles. The van der Waals surface area contributed by atoms with Gasteiger partial charge in [-0.1, -0.05) is 0 Å². The number of aromatic nitrogens is 2. The first-order chi connectivity index (χ1) is 7.57. The molecule has 4 nitrogen and oxygen atoms in total. The summed E-state index contributed by atoms with van der Waals surface area (Å²) in [5, 5.41) is 8.81. The normalized spacial score (nSPS) is 10.9. The Hall–Kier alpha value is -1.23. The Morgan fingerprint density at radius 3 is 2.69 bits per heavy atom.